The van der Waals surface area contributed by atoms with Gasteiger partial charge < -0.3 is 0 Å². The minimum Gasteiger partial charge on any atom is -0.235 e. The van der Waals surface area contributed by atoms with Crippen molar-refractivity contribution in [3.05, 3.63) is 45.7 Å². The van der Waals surface area contributed by atoms with Crippen molar-refractivity contribution in [3.63, 3.8) is 0 Å². The fraction of sp³-hybridized carbons (Fsp3) is 0.231. The highest BCUT2D eigenvalue weighted by Gasteiger charge is 2.12. The third-order valence-corrected chi connectivity index (χ3v) is 3.29. The van der Waals surface area contributed by atoms with Gasteiger partial charge in [0.15, 0.2) is 0 Å². The lowest BCUT2D eigenvalue weighted by molar-refractivity contribution is 0.809. The standard InChI is InChI=1S/C13H12BrN3/c1-3-12-10(7-15)8-16-17(12)13-5-4-9(2)6-11(13)14/h4-6,8H,3H2,1-2H3. The van der Waals surface area contributed by atoms with E-state index < -0.39 is 0 Å². The summed E-state index contributed by atoms with van der Waals surface area (Å²) >= 11 is 3.53. The van der Waals surface area contributed by atoms with Gasteiger partial charge in [0.25, 0.3) is 0 Å². The van der Waals surface area contributed by atoms with Gasteiger partial charge >= 0.3 is 0 Å². The van der Waals surface area contributed by atoms with Gasteiger partial charge in [-0.3, -0.25) is 0 Å². The largest absolute Gasteiger partial charge is 0.235 e. The van der Waals surface area contributed by atoms with Gasteiger partial charge in [-0.05, 0) is 47.0 Å². The van der Waals surface area contributed by atoms with Crippen LogP contribution in [0.5, 0.6) is 0 Å². The molecule has 1 aromatic heterocycles. The van der Waals surface area contributed by atoms with E-state index in [4.69, 9.17) is 5.26 Å². The molecule has 2 aromatic rings. The Hall–Kier alpha value is -1.60. The van der Waals surface area contributed by atoms with Crippen LogP contribution in [0, 0.1) is 18.3 Å². The quantitative estimate of drug-likeness (QED) is 0.850. The molecule has 1 aromatic carbocycles. The maximum absolute atomic E-state index is 9.01. The molecule has 0 aliphatic heterocycles. The number of nitriles is 1. The molecule has 4 heteroatoms. The predicted octanol–water partition coefficient (Wildman–Crippen LogP) is 3.38. The maximum atomic E-state index is 9.01. The first-order chi connectivity index (χ1) is 8.17. The molecular formula is C13H12BrN3. The molecule has 0 amide bonds. The van der Waals surface area contributed by atoms with Crippen molar-refractivity contribution in [1.82, 2.24) is 9.78 Å². The summed E-state index contributed by atoms with van der Waals surface area (Å²) in [5, 5.41) is 13.3. The lowest BCUT2D eigenvalue weighted by Crippen LogP contribution is -2.03. The van der Waals surface area contributed by atoms with E-state index in [0.29, 0.717) is 5.56 Å². The smallest absolute Gasteiger partial charge is 0.103 e. The van der Waals surface area contributed by atoms with Crippen LogP contribution in [-0.2, 0) is 6.42 Å². The fourth-order valence-electron chi connectivity index (χ4n) is 1.80. The van der Waals surface area contributed by atoms with E-state index in [2.05, 4.69) is 27.1 Å². The Bertz CT molecular complexity index is 593. The molecule has 1 heterocycles. The van der Waals surface area contributed by atoms with Gasteiger partial charge in [0.1, 0.15) is 6.07 Å². The van der Waals surface area contributed by atoms with Crippen molar-refractivity contribution in [3.8, 4) is 11.8 Å². The second kappa shape index (κ2) is 4.72. The van der Waals surface area contributed by atoms with Crippen LogP contribution in [0.15, 0.2) is 28.9 Å². The molecule has 86 valence electrons. The van der Waals surface area contributed by atoms with Crippen LogP contribution in [0.4, 0.5) is 0 Å². The molecule has 0 aliphatic rings. The molecule has 3 nitrogen and oxygen atoms in total. The summed E-state index contributed by atoms with van der Waals surface area (Å²) in [6, 6.07) is 8.25. The summed E-state index contributed by atoms with van der Waals surface area (Å²) in [4.78, 5) is 0. The molecule has 0 saturated carbocycles. The topological polar surface area (TPSA) is 41.6 Å². The zero-order valence-corrected chi connectivity index (χ0v) is 11.3. The minimum absolute atomic E-state index is 0.639. The third kappa shape index (κ3) is 2.11. The lowest BCUT2D eigenvalue weighted by Gasteiger charge is -2.09. The van der Waals surface area contributed by atoms with E-state index >= 15 is 0 Å². The molecule has 0 aliphatic carbocycles. The fourth-order valence-corrected chi connectivity index (χ4v) is 2.46. The summed E-state index contributed by atoms with van der Waals surface area (Å²) in [6.07, 6.45) is 2.40. The molecule has 0 N–H and O–H groups in total. The highest BCUT2D eigenvalue weighted by molar-refractivity contribution is 9.10. The van der Waals surface area contributed by atoms with Crippen molar-refractivity contribution in [2.75, 3.05) is 0 Å². The lowest BCUT2D eigenvalue weighted by atomic mass is 10.2. The Morgan fingerprint density at radius 3 is 2.82 bits per heavy atom. The summed E-state index contributed by atoms with van der Waals surface area (Å²) in [7, 11) is 0. The number of hydrogen-bond acceptors (Lipinski definition) is 2. The minimum atomic E-state index is 0.639. The number of rotatable bonds is 2. The van der Waals surface area contributed by atoms with Crippen LogP contribution >= 0.6 is 15.9 Å². The zero-order chi connectivity index (χ0) is 12.4. The summed E-state index contributed by atoms with van der Waals surface area (Å²) in [5.41, 5.74) is 3.73. The first kappa shape index (κ1) is 11.9. The predicted molar refractivity (Wildman–Crippen MR) is 70.1 cm³/mol. The normalized spacial score (nSPS) is 10.2. The van der Waals surface area contributed by atoms with Gasteiger partial charge in [-0.2, -0.15) is 10.4 Å². The van der Waals surface area contributed by atoms with Gasteiger partial charge in [-0.1, -0.05) is 13.0 Å². The highest BCUT2D eigenvalue weighted by Crippen LogP contribution is 2.24. The van der Waals surface area contributed by atoms with Crippen LogP contribution in [-0.4, -0.2) is 9.78 Å². The molecule has 17 heavy (non-hydrogen) atoms. The number of benzene rings is 1. The number of hydrogen-bond donors (Lipinski definition) is 0. The van der Waals surface area contributed by atoms with Crippen LogP contribution in [0.1, 0.15) is 23.7 Å². The molecule has 0 unspecified atom stereocenters. The Labute approximate surface area is 109 Å². The summed E-state index contributed by atoms with van der Waals surface area (Å²) in [5.74, 6) is 0. The highest BCUT2D eigenvalue weighted by atomic mass is 79.9. The second-order valence-corrected chi connectivity index (χ2v) is 4.69. The van der Waals surface area contributed by atoms with Gasteiger partial charge in [0.2, 0.25) is 0 Å². The average molecular weight is 290 g/mol. The van der Waals surface area contributed by atoms with Crippen molar-refractivity contribution in [1.29, 1.82) is 5.26 Å². The van der Waals surface area contributed by atoms with Gasteiger partial charge in [0.05, 0.1) is 23.1 Å². The van der Waals surface area contributed by atoms with Crippen molar-refractivity contribution >= 4 is 15.9 Å². The molecular weight excluding hydrogens is 278 g/mol. The van der Waals surface area contributed by atoms with Crippen molar-refractivity contribution in [2.24, 2.45) is 0 Å². The van der Waals surface area contributed by atoms with Crippen molar-refractivity contribution in [2.45, 2.75) is 20.3 Å². The van der Waals surface area contributed by atoms with Crippen LogP contribution in [0.2, 0.25) is 0 Å². The molecule has 0 atom stereocenters. The van der Waals surface area contributed by atoms with Crippen LogP contribution < -0.4 is 0 Å². The SMILES string of the molecule is CCc1c(C#N)cnn1-c1ccc(C)cc1Br. The number of aryl methyl sites for hydroxylation is 1. The monoisotopic (exact) mass is 289 g/mol. The second-order valence-electron chi connectivity index (χ2n) is 3.84. The van der Waals surface area contributed by atoms with Gasteiger partial charge in [-0.15, -0.1) is 0 Å². The molecule has 0 spiro atoms. The van der Waals surface area contributed by atoms with E-state index in [9.17, 15) is 0 Å². The average Bonchev–Trinajstić information content (AvgIpc) is 2.71. The van der Waals surface area contributed by atoms with Crippen molar-refractivity contribution < 1.29 is 0 Å². The molecule has 0 radical (unpaired) electrons. The summed E-state index contributed by atoms with van der Waals surface area (Å²) < 4.78 is 2.81. The number of aromatic nitrogens is 2. The third-order valence-electron chi connectivity index (χ3n) is 2.66. The Morgan fingerprint density at radius 2 is 2.24 bits per heavy atom. The van der Waals surface area contributed by atoms with E-state index in [1.165, 1.54) is 5.56 Å². The van der Waals surface area contributed by atoms with Gasteiger partial charge in [-0.25, -0.2) is 4.68 Å². The van der Waals surface area contributed by atoms with E-state index in [1.54, 1.807) is 6.20 Å². The molecule has 0 bridgehead atoms. The molecule has 0 fully saturated rings. The number of halogens is 1. The maximum Gasteiger partial charge on any atom is 0.103 e. The van der Waals surface area contributed by atoms with E-state index in [0.717, 1.165) is 22.3 Å². The zero-order valence-electron chi connectivity index (χ0n) is 9.74. The Kier molecular flexibility index (Phi) is 3.30. The van der Waals surface area contributed by atoms with E-state index in [-0.39, 0.29) is 0 Å². The van der Waals surface area contributed by atoms with Crippen LogP contribution in [0.25, 0.3) is 5.69 Å². The first-order valence-corrected chi connectivity index (χ1v) is 6.20. The number of nitrogens with zero attached hydrogens (tertiary/aromatic N) is 3. The van der Waals surface area contributed by atoms with Gasteiger partial charge in [0, 0.05) is 4.47 Å². The van der Waals surface area contributed by atoms with Crippen LogP contribution in [0.3, 0.4) is 0 Å². The summed E-state index contributed by atoms with van der Waals surface area (Å²) in [6.45, 7) is 4.06. The van der Waals surface area contributed by atoms with E-state index in [1.807, 2.05) is 36.7 Å². The molecule has 0 saturated heterocycles. The first-order valence-electron chi connectivity index (χ1n) is 5.41. The molecule has 2 rings (SSSR count). The Balaban J connectivity index is 2.61. The Morgan fingerprint density at radius 1 is 1.47 bits per heavy atom.